The Morgan fingerprint density at radius 3 is 2.65 bits per heavy atom. The van der Waals surface area contributed by atoms with Crippen molar-refractivity contribution < 1.29 is 32.2 Å². The molecule has 2 aromatic rings. The van der Waals surface area contributed by atoms with Gasteiger partial charge < -0.3 is 14.7 Å². The molecule has 1 N–H and O–H groups in total. The average molecular weight is 512 g/mol. The normalized spacial score (nSPS) is 19.6. The first-order valence-electron chi connectivity index (χ1n) is 9.94. The smallest absolute Gasteiger partial charge is 0.420 e. The first-order chi connectivity index (χ1) is 15.9. The predicted molar refractivity (Wildman–Crippen MR) is 121 cm³/mol. The van der Waals surface area contributed by atoms with E-state index in [0.717, 1.165) is 21.9 Å². The summed E-state index contributed by atoms with van der Waals surface area (Å²) < 4.78 is 61.3. The summed E-state index contributed by atoms with van der Waals surface area (Å²) in [6, 6.07) is 8.08. The number of alkyl halides is 3. The molecular weight excluding hydrogens is 494 g/mol. The molecule has 1 saturated heterocycles. The summed E-state index contributed by atoms with van der Waals surface area (Å²) in [6.45, 7) is 2.91. The molecule has 12 heteroatoms. The van der Waals surface area contributed by atoms with Crippen LogP contribution in [0.5, 0.6) is 5.75 Å². The number of nitriles is 1. The molecule has 4 rings (SSSR count). The van der Waals surface area contributed by atoms with Crippen LogP contribution in [0.1, 0.15) is 25.0 Å². The Balaban J connectivity index is 1.78. The Morgan fingerprint density at radius 1 is 1.32 bits per heavy atom. The summed E-state index contributed by atoms with van der Waals surface area (Å²) in [6.07, 6.45) is -5.50. The van der Waals surface area contributed by atoms with Crippen LogP contribution in [0.15, 0.2) is 35.2 Å². The number of amides is 1. The van der Waals surface area contributed by atoms with Crippen molar-refractivity contribution in [3.8, 4) is 11.8 Å². The number of nitrogens with zero attached hydrogens (tertiary/aromatic N) is 3. The van der Waals surface area contributed by atoms with Crippen LogP contribution >= 0.6 is 24.0 Å². The number of hydrogen-bond acceptors (Lipinski definition) is 6. The van der Waals surface area contributed by atoms with Gasteiger partial charge in [0, 0.05) is 11.4 Å². The molecule has 6 nitrogen and oxygen atoms in total. The van der Waals surface area contributed by atoms with E-state index in [4.69, 9.17) is 22.2 Å². The van der Waals surface area contributed by atoms with Crippen LogP contribution in [0.3, 0.4) is 0 Å². The molecule has 2 heterocycles. The van der Waals surface area contributed by atoms with Gasteiger partial charge >= 0.3 is 6.18 Å². The third kappa shape index (κ3) is 3.77. The number of ether oxygens (including phenoxy) is 1. The van der Waals surface area contributed by atoms with Gasteiger partial charge in [0.05, 0.1) is 28.8 Å². The van der Waals surface area contributed by atoms with Gasteiger partial charge in [-0.3, -0.25) is 9.69 Å². The molecule has 1 atom stereocenters. The highest BCUT2D eigenvalue weighted by Crippen LogP contribution is 2.44. The van der Waals surface area contributed by atoms with Crippen LogP contribution < -0.4 is 14.5 Å². The summed E-state index contributed by atoms with van der Waals surface area (Å²) in [4.78, 5) is 16.2. The number of fused-ring (bicyclic) bond motifs is 1. The minimum atomic E-state index is -5.15. The fraction of sp³-hybridized carbons (Fsp3) is 0.318. The van der Waals surface area contributed by atoms with E-state index in [1.807, 2.05) is 0 Å². The zero-order chi connectivity index (χ0) is 25.0. The number of aliphatic hydroxyl groups is 1. The molecule has 2 aromatic carbocycles. The lowest BCUT2D eigenvalue weighted by Crippen LogP contribution is -2.44. The second-order valence-electron chi connectivity index (χ2n) is 8.11. The summed E-state index contributed by atoms with van der Waals surface area (Å²) in [5.74, 6) is -1.43. The van der Waals surface area contributed by atoms with E-state index in [2.05, 4.69) is 0 Å². The van der Waals surface area contributed by atoms with E-state index in [-0.39, 0.29) is 17.8 Å². The Kier molecular flexibility index (Phi) is 6.00. The van der Waals surface area contributed by atoms with E-state index in [1.165, 1.54) is 36.6 Å². The van der Waals surface area contributed by atoms with Crippen molar-refractivity contribution >= 4 is 46.4 Å². The van der Waals surface area contributed by atoms with Gasteiger partial charge in [0.25, 0.3) is 5.91 Å². The third-order valence-corrected chi connectivity index (χ3v) is 7.08. The van der Waals surface area contributed by atoms with Crippen LogP contribution in [0.25, 0.3) is 0 Å². The summed E-state index contributed by atoms with van der Waals surface area (Å²) >= 11 is 6.88. The van der Waals surface area contributed by atoms with E-state index in [1.54, 1.807) is 18.2 Å². The van der Waals surface area contributed by atoms with Crippen LogP contribution in [0.2, 0.25) is 0 Å². The Morgan fingerprint density at radius 2 is 2.03 bits per heavy atom. The molecule has 0 saturated carbocycles. The van der Waals surface area contributed by atoms with Gasteiger partial charge in [-0.15, -0.1) is 11.8 Å². The van der Waals surface area contributed by atoms with Gasteiger partial charge in [-0.1, -0.05) is 0 Å². The fourth-order valence-corrected chi connectivity index (χ4v) is 5.40. The van der Waals surface area contributed by atoms with E-state index in [9.17, 15) is 23.1 Å². The molecule has 1 unspecified atom stereocenters. The lowest BCUT2D eigenvalue weighted by atomic mass is 10.0. The topological polar surface area (TPSA) is 76.8 Å². The highest BCUT2D eigenvalue weighted by atomic mass is 32.2. The quantitative estimate of drug-likeness (QED) is 0.481. The maximum atomic E-state index is 15.1. The average Bonchev–Trinajstić information content (AvgIpc) is 2.95. The molecule has 0 radical (unpaired) electrons. The Hall–Kier alpha value is -2.88. The fourth-order valence-electron chi connectivity index (χ4n) is 3.88. The van der Waals surface area contributed by atoms with Crippen molar-refractivity contribution in [2.24, 2.45) is 0 Å². The van der Waals surface area contributed by atoms with Crippen LogP contribution in [0, 0.1) is 17.1 Å². The molecule has 178 valence electrons. The summed E-state index contributed by atoms with van der Waals surface area (Å²) in [5, 5.41) is 18.1. The number of aliphatic hydroxyl groups excluding tert-OH is 1. The van der Waals surface area contributed by atoms with Gasteiger partial charge in [0.15, 0.2) is 10.9 Å². The zero-order valence-corrected chi connectivity index (χ0v) is 19.4. The number of carbonyl (C=O) groups is 1. The number of carbonyl (C=O) groups excluding carboxylic acids is 1. The number of thioether (sulfide) groups is 1. The predicted octanol–water partition coefficient (Wildman–Crippen LogP) is 4.48. The highest BCUT2D eigenvalue weighted by Gasteiger charge is 2.52. The Labute approximate surface area is 201 Å². The van der Waals surface area contributed by atoms with E-state index >= 15 is 4.39 Å². The monoisotopic (exact) mass is 511 g/mol. The molecule has 2 aliphatic heterocycles. The largest absolute Gasteiger partial charge is 0.486 e. The minimum Gasteiger partial charge on any atom is -0.486 e. The maximum absolute atomic E-state index is 15.1. The van der Waals surface area contributed by atoms with Crippen LogP contribution in [-0.2, 0) is 11.0 Å². The van der Waals surface area contributed by atoms with E-state index in [0.29, 0.717) is 17.2 Å². The second-order valence-corrected chi connectivity index (χ2v) is 9.54. The number of hydrogen-bond donors (Lipinski definition) is 1. The van der Waals surface area contributed by atoms with Crippen LogP contribution in [0.4, 0.5) is 28.9 Å². The van der Waals surface area contributed by atoms with Gasteiger partial charge in [0.1, 0.15) is 23.0 Å². The number of anilines is 2. The molecule has 1 amide bonds. The SMILES string of the molecule is CC1(C)C(=O)N(c2ccc(C#N)c(C(F)(F)F)c2F)C(=S)N1c1ccc2c(c1)SCC(CO)O2. The number of benzene rings is 2. The molecule has 0 bridgehead atoms. The molecule has 0 aliphatic carbocycles. The molecule has 34 heavy (non-hydrogen) atoms. The molecular formula is C22H17F4N3O3S2. The maximum Gasteiger partial charge on any atom is 0.420 e. The first kappa shape index (κ1) is 24.3. The summed E-state index contributed by atoms with van der Waals surface area (Å²) in [7, 11) is 0. The van der Waals surface area contributed by atoms with Gasteiger partial charge in [-0.25, -0.2) is 4.39 Å². The van der Waals surface area contributed by atoms with Crippen LogP contribution in [-0.4, -0.2) is 40.1 Å². The van der Waals surface area contributed by atoms with Crippen molar-refractivity contribution in [2.75, 3.05) is 22.2 Å². The molecule has 0 aromatic heterocycles. The lowest BCUT2D eigenvalue weighted by Gasteiger charge is -2.31. The number of halogens is 4. The number of rotatable bonds is 3. The molecule has 0 spiro atoms. The number of thiocarbonyl (C=S) groups is 1. The Bertz CT molecular complexity index is 1240. The lowest BCUT2D eigenvalue weighted by molar-refractivity contribution is -0.140. The van der Waals surface area contributed by atoms with Crippen molar-refractivity contribution in [1.82, 2.24) is 0 Å². The van der Waals surface area contributed by atoms with E-state index < -0.39 is 40.3 Å². The van der Waals surface area contributed by atoms with Gasteiger partial charge in [0.2, 0.25) is 0 Å². The highest BCUT2D eigenvalue weighted by molar-refractivity contribution is 7.99. The van der Waals surface area contributed by atoms with Crippen molar-refractivity contribution in [1.29, 1.82) is 5.26 Å². The third-order valence-electron chi connectivity index (χ3n) is 5.54. The molecule has 1 fully saturated rings. The van der Waals surface area contributed by atoms with Crippen molar-refractivity contribution in [3.05, 3.63) is 47.3 Å². The van der Waals surface area contributed by atoms with Crippen molar-refractivity contribution in [3.63, 3.8) is 0 Å². The second kappa shape index (κ2) is 8.41. The first-order valence-corrected chi connectivity index (χ1v) is 11.3. The minimum absolute atomic E-state index is 0.142. The van der Waals surface area contributed by atoms with Gasteiger partial charge in [-0.2, -0.15) is 18.4 Å². The summed E-state index contributed by atoms with van der Waals surface area (Å²) in [5.41, 5.74) is -4.21. The molecule has 2 aliphatic rings. The standard InChI is InChI=1S/C22H17F4N3O3S2/c1-21(2)19(31)28(14-5-3-11(8-27)17(18(14)23)22(24,25)26)20(33)29(21)12-4-6-15-16(7-12)34-10-13(9-30)32-15/h3-7,13,30H,9-10H2,1-2H3. The zero-order valence-electron chi connectivity index (χ0n) is 17.8. The van der Waals surface area contributed by atoms with Gasteiger partial charge in [-0.05, 0) is 56.4 Å². The van der Waals surface area contributed by atoms with Crippen molar-refractivity contribution in [2.45, 2.75) is 36.6 Å².